The first-order chi connectivity index (χ1) is 7.41. The molecule has 0 spiro atoms. The van der Waals surface area contributed by atoms with Crippen LogP contribution in [0.2, 0.25) is 0 Å². The number of aliphatic carboxylic acids is 1. The average molecular weight is 225 g/mol. The van der Waals surface area contributed by atoms with Crippen molar-refractivity contribution in [3.8, 4) is 5.75 Å². The summed E-state index contributed by atoms with van der Waals surface area (Å²) in [5.41, 5.74) is 3.12. The van der Waals surface area contributed by atoms with Gasteiger partial charge in [-0.05, 0) is 11.3 Å². The molecule has 86 valence electrons. The van der Waals surface area contributed by atoms with Crippen molar-refractivity contribution in [2.45, 2.75) is 12.5 Å². The van der Waals surface area contributed by atoms with Crippen LogP contribution < -0.4 is 15.9 Å². The van der Waals surface area contributed by atoms with Gasteiger partial charge in [-0.2, -0.15) is 0 Å². The average Bonchev–Trinajstić information content (AvgIpc) is 2.20. The van der Waals surface area contributed by atoms with Gasteiger partial charge in [-0.3, -0.25) is 10.1 Å². The molecule has 7 nitrogen and oxygen atoms in total. The highest BCUT2D eigenvalue weighted by atomic mass is 16.6. The van der Waals surface area contributed by atoms with Gasteiger partial charge in [0.25, 0.3) is 5.69 Å². The van der Waals surface area contributed by atoms with E-state index in [1.807, 2.05) is 0 Å². The molecule has 16 heavy (non-hydrogen) atoms. The molecule has 0 saturated carbocycles. The lowest BCUT2D eigenvalue weighted by Crippen LogP contribution is -2.69. The van der Waals surface area contributed by atoms with E-state index in [9.17, 15) is 25.1 Å². The normalized spacial score (nSPS) is 12.1. The van der Waals surface area contributed by atoms with Gasteiger partial charge < -0.3 is 20.7 Å². The predicted molar refractivity (Wildman–Crippen MR) is 47.9 cm³/mol. The Labute approximate surface area is 90.3 Å². The van der Waals surface area contributed by atoms with Crippen LogP contribution in [0, 0.1) is 10.1 Å². The number of nitro benzene ring substituents is 1. The highest BCUT2D eigenvalue weighted by molar-refractivity contribution is 5.69. The van der Waals surface area contributed by atoms with Gasteiger partial charge in [0.1, 0.15) is 6.04 Å². The summed E-state index contributed by atoms with van der Waals surface area (Å²) in [7, 11) is 0. The van der Waals surface area contributed by atoms with E-state index < -0.39 is 28.4 Å². The van der Waals surface area contributed by atoms with Gasteiger partial charge in [-0.1, -0.05) is 12.1 Å². The van der Waals surface area contributed by atoms with Crippen molar-refractivity contribution < 1.29 is 25.7 Å². The second-order valence-electron chi connectivity index (χ2n) is 3.28. The van der Waals surface area contributed by atoms with E-state index in [1.54, 1.807) is 0 Å². The minimum absolute atomic E-state index is 0.0105. The third-order valence-corrected chi connectivity index (χ3v) is 2.04. The van der Waals surface area contributed by atoms with E-state index >= 15 is 0 Å². The number of benzene rings is 1. The van der Waals surface area contributed by atoms with Crippen LogP contribution in [0.5, 0.6) is 5.75 Å². The van der Waals surface area contributed by atoms with E-state index in [4.69, 9.17) is 0 Å². The molecule has 0 amide bonds. The Morgan fingerprint density at radius 3 is 2.62 bits per heavy atom. The third kappa shape index (κ3) is 2.67. The Hall–Kier alpha value is -2.15. The molecule has 0 aliphatic rings. The highest BCUT2D eigenvalue weighted by Crippen LogP contribution is 2.24. The molecule has 0 unspecified atom stereocenters. The molecule has 3 N–H and O–H groups in total. The predicted octanol–water partition coefficient (Wildman–Crippen LogP) is -2.43. The van der Waals surface area contributed by atoms with Gasteiger partial charge in [0, 0.05) is 12.5 Å². The van der Waals surface area contributed by atoms with Gasteiger partial charge in [0.05, 0.1) is 10.9 Å². The molecule has 0 bridgehead atoms. The van der Waals surface area contributed by atoms with E-state index in [-0.39, 0.29) is 6.42 Å². The van der Waals surface area contributed by atoms with Gasteiger partial charge in [-0.15, -0.1) is 0 Å². The first-order valence-electron chi connectivity index (χ1n) is 4.40. The first-order valence-corrected chi connectivity index (χ1v) is 4.40. The van der Waals surface area contributed by atoms with E-state index in [0.29, 0.717) is 5.56 Å². The van der Waals surface area contributed by atoms with Crippen LogP contribution in [0.4, 0.5) is 5.69 Å². The molecule has 1 rings (SSSR count). The Morgan fingerprint density at radius 2 is 2.12 bits per heavy atom. The number of hydrogen-bond donors (Lipinski definition) is 1. The standard InChI is InChI=1S/C9H10N2O5/c10-6(9(13)14)3-5-1-2-8(12)7(4-5)11(15)16/h1-2,4,6,12H,3,10H2,(H,13,14)/p-1/t6-/m1/s1. The fraction of sp³-hybridized carbons (Fsp3) is 0.222. The Bertz CT molecular complexity index is 432. The molecule has 1 aromatic rings. The number of quaternary nitrogens is 1. The smallest absolute Gasteiger partial charge is 0.261 e. The minimum Gasteiger partial charge on any atom is -0.868 e. The number of carbonyl (C=O) groups is 1. The van der Waals surface area contributed by atoms with E-state index in [2.05, 4.69) is 5.73 Å². The van der Waals surface area contributed by atoms with Crippen molar-refractivity contribution in [2.75, 3.05) is 0 Å². The molecular formula is C9H9N2O5-. The van der Waals surface area contributed by atoms with Crippen molar-refractivity contribution in [1.29, 1.82) is 0 Å². The second-order valence-corrected chi connectivity index (χ2v) is 3.28. The van der Waals surface area contributed by atoms with Crippen LogP contribution in [0.1, 0.15) is 5.56 Å². The van der Waals surface area contributed by atoms with Crippen molar-refractivity contribution in [1.82, 2.24) is 0 Å². The number of hydrogen-bond acceptors (Lipinski definition) is 5. The number of carboxylic acids is 1. The molecule has 0 fully saturated rings. The van der Waals surface area contributed by atoms with E-state index in [1.165, 1.54) is 6.07 Å². The zero-order chi connectivity index (χ0) is 12.3. The number of nitrogens with zero attached hydrogens (tertiary/aromatic N) is 1. The number of carboxylic acid groups (broad SMARTS) is 1. The number of nitro groups is 1. The molecule has 0 saturated heterocycles. The summed E-state index contributed by atoms with van der Waals surface area (Å²) in [6, 6.07) is 2.44. The third-order valence-electron chi connectivity index (χ3n) is 2.04. The molecule has 1 atom stereocenters. The summed E-state index contributed by atoms with van der Waals surface area (Å²) in [5, 5.41) is 31.9. The van der Waals surface area contributed by atoms with Crippen LogP contribution in [0.3, 0.4) is 0 Å². The van der Waals surface area contributed by atoms with Gasteiger partial charge in [-0.25, -0.2) is 0 Å². The molecule has 0 radical (unpaired) electrons. The van der Waals surface area contributed by atoms with E-state index in [0.717, 1.165) is 12.1 Å². The summed E-state index contributed by atoms with van der Waals surface area (Å²) in [6.45, 7) is 0. The maximum absolute atomic E-state index is 11.0. The topological polar surface area (TPSA) is 134 Å². The second kappa shape index (κ2) is 4.58. The molecule has 0 aliphatic carbocycles. The molecule has 0 aromatic heterocycles. The molecule has 7 heteroatoms. The monoisotopic (exact) mass is 225 g/mol. The maximum atomic E-state index is 11.0. The SMILES string of the molecule is [NH3+][C@H](Cc1ccc([O-])c([N+](=O)[O-])c1)C(=O)[O-]. The summed E-state index contributed by atoms with van der Waals surface area (Å²) in [5.74, 6) is -2.04. The molecular weight excluding hydrogens is 216 g/mol. The van der Waals surface area contributed by atoms with Crippen LogP contribution in [0.25, 0.3) is 0 Å². The Balaban J connectivity index is 2.95. The van der Waals surface area contributed by atoms with Crippen molar-refractivity contribution in [2.24, 2.45) is 0 Å². The first kappa shape index (κ1) is 11.9. The largest absolute Gasteiger partial charge is 0.868 e. The summed E-state index contributed by atoms with van der Waals surface area (Å²) < 4.78 is 0. The van der Waals surface area contributed by atoms with Crippen LogP contribution >= 0.6 is 0 Å². The molecule has 0 heterocycles. The van der Waals surface area contributed by atoms with Crippen LogP contribution in [-0.2, 0) is 11.2 Å². The quantitative estimate of drug-likeness (QED) is 0.449. The van der Waals surface area contributed by atoms with Crippen molar-refractivity contribution in [3.05, 3.63) is 33.9 Å². The lowest BCUT2D eigenvalue weighted by molar-refractivity contribution is -0.437. The minimum atomic E-state index is -1.34. The lowest BCUT2D eigenvalue weighted by Gasteiger charge is -2.11. The van der Waals surface area contributed by atoms with Crippen LogP contribution in [0.15, 0.2) is 18.2 Å². The number of rotatable bonds is 4. The highest BCUT2D eigenvalue weighted by Gasteiger charge is 2.12. The fourth-order valence-electron chi connectivity index (χ4n) is 1.20. The zero-order valence-electron chi connectivity index (χ0n) is 8.21. The van der Waals surface area contributed by atoms with Crippen molar-refractivity contribution in [3.63, 3.8) is 0 Å². The van der Waals surface area contributed by atoms with Crippen LogP contribution in [-0.4, -0.2) is 16.9 Å². The Kier molecular flexibility index (Phi) is 3.41. The maximum Gasteiger partial charge on any atom is 0.261 e. The van der Waals surface area contributed by atoms with Gasteiger partial charge in [0.2, 0.25) is 0 Å². The molecule has 1 aromatic carbocycles. The molecule has 0 aliphatic heterocycles. The summed E-state index contributed by atoms with van der Waals surface area (Å²) >= 11 is 0. The number of carbonyl (C=O) groups excluding carboxylic acids is 1. The lowest BCUT2D eigenvalue weighted by atomic mass is 10.1. The Morgan fingerprint density at radius 1 is 1.50 bits per heavy atom. The summed E-state index contributed by atoms with van der Waals surface area (Å²) in [4.78, 5) is 20.1. The zero-order valence-corrected chi connectivity index (χ0v) is 8.21. The summed E-state index contributed by atoms with van der Waals surface area (Å²) in [6.07, 6.45) is -0.0105. The fourth-order valence-corrected chi connectivity index (χ4v) is 1.20. The van der Waals surface area contributed by atoms with Gasteiger partial charge >= 0.3 is 0 Å². The van der Waals surface area contributed by atoms with Gasteiger partial charge in [0.15, 0.2) is 0 Å². The van der Waals surface area contributed by atoms with Crippen molar-refractivity contribution >= 4 is 11.7 Å².